The highest BCUT2D eigenvalue weighted by molar-refractivity contribution is 7.70. The molecule has 0 unspecified atom stereocenters. The smallest absolute Gasteiger partial charge is 0.0713 e. The van der Waals surface area contributed by atoms with E-state index in [9.17, 15) is 0 Å². The van der Waals surface area contributed by atoms with Crippen LogP contribution in [0.1, 0.15) is 5.56 Å². The highest BCUT2D eigenvalue weighted by atomic mass is 29.6. The average Bonchev–Trinajstić information content (AvgIpc) is 2.27. The Morgan fingerprint density at radius 2 is 1.28 bits per heavy atom. The minimum atomic E-state index is -1.31. The lowest BCUT2D eigenvalue weighted by atomic mass is 10.2. The van der Waals surface area contributed by atoms with Crippen LogP contribution in [-0.2, 0) is 0 Å². The minimum Gasteiger partial charge on any atom is -0.0985 e. The third-order valence-corrected chi connectivity index (χ3v) is 47.8. The summed E-state index contributed by atoms with van der Waals surface area (Å²) in [6, 6.07) is 9.17. The summed E-state index contributed by atoms with van der Waals surface area (Å²) in [5.41, 5.74) is 1.23. The molecule has 0 heterocycles. The highest BCUT2D eigenvalue weighted by Gasteiger charge is 2.50. The van der Waals surface area contributed by atoms with Gasteiger partial charge in [-0.2, -0.15) is 0 Å². The van der Waals surface area contributed by atoms with Gasteiger partial charge in [0.05, 0.1) is 7.59 Å². The molecule has 0 spiro atoms. The molecule has 3 heteroatoms. The summed E-state index contributed by atoms with van der Waals surface area (Å²) in [4.78, 5) is 0. The van der Waals surface area contributed by atoms with Crippen LogP contribution in [0.4, 0.5) is 0 Å². The Morgan fingerprint density at radius 3 is 1.61 bits per heavy atom. The molecule has 0 N–H and O–H groups in total. The van der Waals surface area contributed by atoms with Gasteiger partial charge >= 0.3 is 0 Å². The number of benzene rings is 1. The van der Waals surface area contributed by atoms with Crippen molar-refractivity contribution < 1.29 is 0 Å². The predicted molar refractivity (Wildman–Crippen MR) is 94.5 cm³/mol. The molecule has 0 bridgehead atoms. The zero-order valence-electron chi connectivity index (χ0n) is 13.1. The first-order chi connectivity index (χ1) is 8.04. The van der Waals surface area contributed by atoms with E-state index in [-0.39, 0.29) is 0 Å². The van der Waals surface area contributed by atoms with Crippen LogP contribution in [0.25, 0.3) is 6.08 Å². The predicted octanol–water partition coefficient (Wildman–Crippen LogP) is 4.45. The Balaban J connectivity index is 3.23. The molecular weight excluding hydrogens is 264 g/mol. The second-order valence-electron chi connectivity index (χ2n) is 7.33. The van der Waals surface area contributed by atoms with Crippen LogP contribution < -0.4 is 5.19 Å². The third kappa shape index (κ3) is 2.63. The maximum atomic E-state index is 3.84. The monoisotopic (exact) mass is 292 g/mol. The van der Waals surface area contributed by atoms with Crippen LogP contribution in [0.3, 0.4) is 0 Å². The van der Waals surface area contributed by atoms with Crippen LogP contribution in [0, 0.1) is 0 Å². The van der Waals surface area contributed by atoms with Crippen molar-refractivity contribution in [3.05, 3.63) is 36.4 Å². The Kier molecular flexibility index (Phi) is 4.30. The number of rotatable bonds is 4. The van der Waals surface area contributed by atoms with Crippen LogP contribution in [0.2, 0.25) is 45.8 Å². The van der Waals surface area contributed by atoms with Gasteiger partial charge in [-0.3, -0.25) is 0 Å². The van der Waals surface area contributed by atoms with E-state index in [4.69, 9.17) is 0 Å². The molecule has 0 atom stereocenters. The molecule has 0 nitrogen and oxygen atoms in total. The topological polar surface area (TPSA) is 0 Å². The second kappa shape index (κ2) is 4.95. The van der Waals surface area contributed by atoms with Crippen molar-refractivity contribution in [2.24, 2.45) is 0 Å². The van der Waals surface area contributed by atoms with Gasteiger partial charge in [0.2, 0.25) is 0 Å². The molecule has 0 saturated carbocycles. The SMILES string of the molecule is C=Cc1ccc([Si](C)(C)[Si](C)(C)[Si](C)(C)C)cc1. The van der Waals surface area contributed by atoms with Gasteiger partial charge < -0.3 is 0 Å². The molecule has 1 rings (SSSR count). The van der Waals surface area contributed by atoms with Crippen molar-refractivity contribution in [2.75, 3.05) is 0 Å². The quantitative estimate of drug-likeness (QED) is 0.719. The Labute approximate surface area is 116 Å². The second-order valence-corrected chi connectivity index (χ2v) is 36.2. The minimum absolute atomic E-state index is 1.04. The van der Waals surface area contributed by atoms with Crippen LogP contribution in [0.15, 0.2) is 30.8 Å². The van der Waals surface area contributed by atoms with Crippen molar-refractivity contribution >= 4 is 33.6 Å². The average molecular weight is 293 g/mol. The first kappa shape index (κ1) is 15.7. The lowest BCUT2D eigenvalue weighted by Crippen LogP contribution is -2.73. The highest BCUT2D eigenvalue weighted by Crippen LogP contribution is 2.28. The van der Waals surface area contributed by atoms with Gasteiger partial charge in [-0.25, -0.2) is 0 Å². The van der Waals surface area contributed by atoms with Crippen LogP contribution >= 0.6 is 0 Å². The van der Waals surface area contributed by atoms with Gasteiger partial charge in [0.15, 0.2) is 0 Å². The maximum absolute atomic E-state index is 3.84. The van der Waals surface area contributed by atoms with E-state index in [0.717, 1.165) is 0 Å². The van der Waals surface area contributed by atoms with Crippen molar-refractivity contribution in [1.29, 1.82) is 0 Å². The number of hydrogen-bond acceptors (Lipinski definition) is 0. The molecule has 0 radical (unpaired) electrons. The van der Waals surface area contributed by atoms with E-state index >= 15 is 0 Å². The van der Waals surface area contributed by atoms with E-state index < -0.39 is 22.3 Å². The Morgan fingerprint density at radius 1 is 0.833 bits per heavy atom. The molecule has 0 aromatic heterocycles. The lowest BCUT2D eigenvalue weighted by Gasteiger charge is -2.47. The van der Waals surface area contributed by atoms with Crippen molar-refractivity contribution in [3.8, 4) is 0 Å². The summed E-state index contributed by atoms with van der Waals surface area (Å²) in [7, 11) is -3.51. The summed E-state index contributed by atoms with van der Waals surface area (Å²) in [5.74, 6) is 0. The van der Waals surface area contributed by atoms with Gasteiger partial charge in [0.25, 0.3) is 0 Å². The first-order valence-electron chi connectivity index (χ1n) is 6.77. The molecule has 1 aromatic carbocycles. The molecule has 0 aliphatic rings. The molecular formula is C15H28Si3. The van der Waals surface area contributed by atoms with Crippen molar-refractivity contribution in [3.63, 3.8) is 0 Å². The molecule has 0 saturated heterocycles. The Hall–Kier alpha value is -0.389. The van der Waals surface area contributed by atoms with Gasteiger partial charge in [-0.15, -0.1) is 0 Å². The first-order valence-corrected chi connectivity index (χ1v) is 18.3. The summed E-state index contributed by atoms with van der Waals surface area (Å²) in [6.07, 6.45) is 1.93. The standard InChI is InChI=1S/C15H28Si3/c1-9-14-10-12-15(13-11-14)17(5,6)18(7,8)16(2,3)4/h9-13H,1H2,2-8H3. The van der Waals surface area contributed by atoms with E-state index in [0.29, 0.717) is 0 Å². The van der Waals surface area contributed by atoms with E-state index in [2.05, 4.69) is 76.7 Å². The zero-order valence-corrected chi connectivity index (χ0v) is 16.1. The largest absolute Gasteiger partial charge is 0.0985 e. The summed E-state index contributed by atoms with van der Waals surface area (Å²) < 4.78 is 0. The zero-order chi connectivity index (χ0) is 14.2. The third-order valence-electron chi connectivity index (χ3n) is 5.31. The number of hydrogen-bond donors (Lipinski definition) is 0. The summed E-state index contributed by atoms with van der Waals surface area (Å²) in [6.45, 7) is 22.0. The molecule has 100 valence electrons. The maximum Gasteiger partial charge on any atom is 0.0713 e. The van der Waals surface area contributed by atoms with Gasteiger partial charge in [0, 0.05) is 14.7 Å². The fourth-order valence-electron chi connectivity index (χ4n) is 2.33. The molecule has 18 heavy (non-hydrogen) atoms. The molecule has 0 aliphatic carbocycles. The fourth-order valence-corrected chi connectivity index (χ4v) is 32.4. The van der Waals surface area contributed by atoms with Gasteiger partial charge in [-0.1, -0.05) is 87.9 Å². The van der Waals surface area contributed by atoms with E-state index in [1.54, 1.807) is 5.19 Å². The molecule has 0 amide bonds. The fraction of sp³-hybridized carbons (Fsp3) is 0.467. The summed E-state index contributed by atoms with van der Waals surface area (Å²) in [5, 5.41) is 1.63. The normalized spacial score (nSPS) is 13.5. The molecule has 1 aromatic rings. The van der Waals surface area contributed by atoms with E-state index in [1.165, 1.54) is 5.56 Å². The molecule has 0 aliphatic heterocycles. The van der Waals surface area contributed by atoms with Crippen molar-refractivity contribution in [2.45, 2.75) is 45.8 Å². The van der Waals surface area contributed by atoms with E-state index in [1.807, 2.05) is 6.08 Å². The van der Waals surface area contributed by atoms with Crippen LogP contribution in [0.5, 0.6) is 0 Å². The van der Waals surface area contributed by atoms with Gasteiger partial charge in [0.1, 0.15) is 0 Å². The van der Waals surface area contributed by atoms with Crippen LogP contribution in [-0.4, -0.2) is 22.3 Å². The lowest BCUT2D eigenvalue weighted by molar-refractivity contribution is 1.66. The molecule has 0 fully saturated rings. The van der Waals surface area contributed by atoms with Crippen molar-refractivity contribution in [1.82, 2.24) is 0 Å². The summed E-state index contributed by atoms with van der Waals surface area (Å²) >= 11 is 0. The van der Waals surface area contributed by atoms with Gasteiger partial charge in [-0.05, 0) is 5.56 Å². The Bertz CT molecular complexity index is 422.